The molecule has 0 bridgehead atoms. The summed E-state index contributed by atoms with van der Waals surface area (Å²) in [5, 5.41) is 0. The molecule has 0 fully saturated rings. The van der Waals surface area contributed by atoms with Crippen molar-refractivity contribution >= 4 is 21.7 Å². The van der Waals surface area contributed by atoms with Crippen molar-refractivity contribution in [2.24, 2.45) is 0 Å². The van der Waals surface area contributed by atoms with Gasteiger partial charge in [0.05, 0.1) is 18.2 Å². The van der Waals surface area contributed by atoms with E-state index in [9.17, 15) is 13.6 Å². The molecule has 0 radical (unpaired) electrons. The molecule has 5 heteroatoms. The van der Waals surface area contributed by atoms with Crippen LogP contribution in [-0.2, 0) is 0 Å². The Labute approximate surface area is 117 Å². The van der Waals surface area contributed by atoms with Crippen molar-refractivity contribution in [1.29, 1.82) is 0 Å². The predicted molar refractivity (Wildman–Crippen MR) is 70.5 cm³/mol. The van der Waals surface area contributed by atoms with Gasteiger partial charge in [-0.3, -0.25) is 4.79 Å². The number of methoxy groups -OCH3 is 1. The third-order valence-corrected chi connectivity index (χ3v) is 3.10. The summed E-state index contributed by atoms with van der Waals surface area (Å²) in [6, 6.07) is 8.15. The van der Waals surface area contributed by atoms with Crippen molar-refractivity contribution in [3.63, 3.8) is 0 Å². The monoisotopic (exact) mass is 326 g/mol. The summed E-state index contributed by atoms with van der Waals surface area (Å²) in [6.45, 7) is 0. The molecule has 98 valence electrons. The van der Waals surface area contributed by atoms with Crippen LogP contribution in [0.25, 0.3) is 0 Å². The van der Waals surface area contributed by atoms with Crippen LogP contribution in [0.15, 0.2) is 40.9 Å². The minimum Gasteiger partial charge on any atom is -0.494 e. The second-order valence-corrected chi connectivity index (χ2v) is 4.69. The lowest BCUT2D eigenvalue weighted by Crippen LogP contribution is -2.07. The van der Waals surface area contributed by atoms with Crippen LogP contribution >= 0.6 is 15.9 Å². The maximum absolute atomic E-state index is 13.9. The van der Waals surface area contributed by atoms with Gasteiger partial charge in [-0.1, -0.05) is 22.0 Å². The highest BCUT2D eigenvalue weighted by atomic mass is 79.9. The highest BCUT2D eigenvalue weighted by molar-refractivity contribution is 9.10. The Morgan fingerprint density at radius 2 is 1.89 bits per heavy atom. The Morgan fingerprint density at radius 1 is 1.16 bits per heavy atom. The molecule has 0 saturated carbocycles. The van der Waals surface area contributed by atoms with Crippen molar-refractivity contribution in [3.05, 3.63) is 63.6 Å². The molecule has 0 spiro atoms. The van der Waals surface area contributed by atoms with Crippen LogP contribution < -0.4 is 4.74 Å². The standard InChI is InChI=1S/C14H9BrF2O2/c1-19-12-4-2-3-10(13(12)17)14(18)9-6-5-8(15)7-11(9)16/h2-7H,1H3. The number of carbonyl (C=O) groups is 1. The van der Waals surface area contributed by atoms with Crippen LogP contribution in [0.5, 0.6) is 5.75 Å². The summed E-state index contributed by atoms with van der Waals surface area (Å²) in [4.78, 5) is 12.1. The minimum absolute atomic E-state index is 0.0524. The average Bonchev–Trinajstić information content (AvgIpc) is 2.38. The first kappa shape index (κ1) is 13.7. The van der Waals surface area contributed by atoms with Crippen LogP contribution in [0, 0.1) is 11.6 Å². The number of hydrogen-bond acceptors (Lipinski definition) is 2. The van der Waals surface area contributed by atoms with E-state index >= 15 is 0 Å². The molecule has 19 heavy (non-hydrogen) atoms. The van der Waals surface area contributed by atoms with Gasteiger partial charge >= 0.3 is 0 Å². The third kappa shape index (κ3) is 2.66. The zero-order valence-electron chi connectivity index (χ0n) is 9.91. The SMILES string of the molecule is COc1cccc(C(=O)c2ccc(Br)cc2F)c1F. The first-order valence-electron chi connectivity index (χ1n) is 5.37. The smallest absolute Gasteiger partial charge is 0.199 e. The lowest BCUT2D eigenvalue weighted by Gasteiger charge is -2.07. The fraction of sp³-hybridized carbons (Fsp3) is 0.0714. The predicted octanol–water partition coefficient (Wildman–Crippen LogP) is 3.97. The van der Waals surface area contributed by atoms with Crippen molar-refractivity contribution in [2.45, 2.75) is 0 Å². The van der Waals surface area contributed by atoms with Gasteiger partial charge in [0.1, 0.15) is 5.82 Å². The largest absolute Gasteiger partial charge is 0.494 e. The Kier molecular flexibility index (Phi) is 3.95. The molecule has 0 aliphatic carbocycles. The number of carbonyl (C=O) groups excluding carboxylic acids is 1. The average molecular weight is 327 g/mol. The molecule has 2 nitrogen and oxygen atoms in total. The van der Waals surface area contributed by atoms with Crippen molar-refractivity contribution in [3.8, 4) is 5.75 Å². The fourth-order valence-corrected chi connectivity index (χ4v) is 2.00. The number of ketones is 1. The molecule has 0 aliphatic heterocycles. The summed E-state index contributed by atoms with van der Waals surface area (Å²) >= 11 is 3.09. The van der Waals surface area contributed by atoms with Gasteiger partial charge in [0, 0.05) is 4.47 Å². The molecule has 0 saturated heterocycles. The quantitative estimate of drug-likeness (QED) is 0.798. The Morgan fingerprint density at radius 3 is 2.53 bits per heavy atom. The lowest BCUT2D eigenvalue weighted by molar-refractivity contribution is 0.103. The number of ether oxygens (including phenoxy) is 1. The van der Waals surface area contributed by atoms with E-state index in [-0.39, 0.29) is 16.9 Å². The Balaban J connectivity index is 2.50. The van der Waals surface area contributed by atoms with Crippen LogP contribution in [0.1, 0.15) is 15.9 Å². The van der Waals surface area contributed by atoms with E-state index in [1.165, 1.54) is 37.4 Å². The van der Waals surface area contributed by atoms with Gasteiger partial charge in [-0.05, 0) is 30.3 Å². The molecule has 2 rings (SSSR count). The number of halogens is 3. The molecule has 0 aliphatic rings. The van der Waals surface area contributed by atoms with Crippen molar-refractivity contribution < 1.29 is 18.3 Å². The third-order valence-electron chi connectivity index (χ3n) is 2.60. The lowest BCUT2D eigenvalue weighted by atomic mass is 10.0. The topological polar surface area (TPSA) is 26.3 Å². The number of rotatable bonds is 3. The molecule has 0 heterocycles. The van der Waals surface area contributed by atoms with Gasteiger partial charge in [0.2, 0.25) is 0 Å². The summed E-state index contributed by atoms with van der Waals surface area (Å²) in [5.41, 5.74) is -0.407. The molecule has 0 atom stereocenters. The second kappa shape index (κ2) is 5.48. The van der Waals surface area contributed by atoms with E-state index in [4.69, 9.17) is 4.74 Å². The van der Waals surface area contributed by atoms with Gasteiger partial charge < -0.3 is 4.74 Å². The van der Waals surface area contributed by atoms with Crippen LogP contribution in [0.4, 0.5) is 8.78 Å². The van der Waals surface area contributed by atoms with Crippen molar-refractivity contribution in [1.82, 2.24) is 0 Å². The fourth-order valence-electron chi connectivity index (χ4n) is 1.66. The summed E-state index contributed by atoms with van der Waals surface area (Å²) < 4.78 is 32.9. The van der Waals surface area contributed by atoms with Crippen LogP contribution in [0.2, 0.25) is 0 Å². The Hall–Kier alpha value is -1.75. The molecular weight excluding hydrogens is 318 g/mol. The summed E-state index contributed by atoms with van der Waals surface area (Å²) in [7, 11) is 1.30. The van der Waals surface area contributed by atoms with E-state index < -0.39 is 17.4 Å². The van der Waals surface area contributed by atoms with Crippen molar-refractivity contribution in [2.75, 3.05) is 7.11 Å². The second-order valence-electron chi connectivity index (χ2n) is 3.78. The van der Waals surface area contributed by atoms with Gasteiger partial charge in [-0.2, -0.15) is 0 Å². The van der Waals surface area contributed by atoms with E-state index in [0.717, 1.165) is 6.07 Å². The molecule has 2 aromatic rings. The Bertz CT molecular complexity index is 641. The van der Waals surface area contributed by atoms with E-state index in [2.05, 4.69) is 15.9 Å². The zero-order chi connectivity index (χ0) is 14.0. The number of benzene rings is 2. The maximum Gasteiger partial charge on any atom is 0.199 e. The first-order chi connectivity index (χ1) is 9.04. The molecule has 0 amide bonds. The summed E-state index contributed by atoms with van der Waals surface area (Å²) in [6.07, 6.45) is 0. The normalized spacial score (nSPS) is 10.3. The molecule has 0 N–H and O–H groups in total. The van der Waals surface area contributed by atoms with E-state index in [1.807, 2.05) is 0 Å². The van der Waals surface area contributed by atoms with Crippen LogP contribution in [0.3, 0.4) is 0 Å². The molecular formula is C14H9BrF2O2. The van der Waals surface area contributed by atoms with E-state index in [1.54, 1.807) is 0 Å². The highest BCUT2D eigenvalue weighted by Crippen LogP contribution is 2.24. The van der Waals surface area contributed by atoms with Gasteiger partial charge in [-0.25, -0.2) is 8.78 Å². The molecule has 2 aromatic carbocycles. The zero-order valence-corrected chi connectivity index (χ0v) is 11.5. The first-order valence-corrected chi connectivity index (χ1v) is 6.16. The molecule has 0 aromatic heterocycles. The molecule has 0 unspecified atom stereocenters. The maximum atomic E-state index is 13.9. The summed E-state index contributed by atoms with van der Waals surface area (Å²) in [5.74, 6) is -2.27. The highest BCUT2D eigenvalue weighted by Gasteiger charge is 2.20. The van der Waals surface area contributed by atoms with E-state index in [0.29, 0.717) is 4.47 Å². The van der Waals surface area contributed by atoms with Crippen LogP contribution in [-0.4, -0.2) is 12.9 Å². The number of hydrogen-bond donors (Lipinski definition) is 0. The van der Waals surface area contributed by atoms with Gasteiger partial charge in [0.15, 0.2) is 17.3 Å². The van der Waals surface area contributed by atoms with Gasteiger partial charge in [0.25, 0.3) is 0 Å². The van der Waals surface area contributed by atoms with Gasteiger partial charge in [-0.15, -0.1) is 0 Å². The minimum atomic E-state index is -0.794.